The predicted molar refractivity (Wildman–Crippen MR) is 77.4 cm³/mol. The Labute approximate surface area is 127 Å². The monoisotopic (exact) mass is 336 g/mol. The van der Waals surface area contributed by atoms with Gasteiger partial charge in [-0.3, -0.25) is 4.79 Å². The smallest absolute Gasteiger partial charge is 0.251 e. The normalized spacial score (nSPS) is 21.6. The summed E-state index contributed by atoms with van der Waals surface area (Å²) in [7, 11) is -4.04. The van der Waals surface area contributed by atoms with Crippen LogP contribution in [0.2, 0.25) is 10.0 Å². The van der Waals surface area contributed by atoms with Gasteiger partial charge in [-0.25, -0.2) is 13.6 Å². The first-order chi connectivity index (χ1) is 9.20. The molecule has 1 fully saturated rings. The summed E-state index contributed by atoms with van der Waals surface area (Å²) in [6.07, 6.45) is 1.09. The number of carbonyl (C=O) groups is 1. The van der Waals surface area contributed by atoms with Crippen molar-refractivity contribution in [3.63, 3.8) is 0 Å². The summed E-state index contributed by atoms with van der Waals surface area (Å²) in [4.78, 5) is 11.6. The first kappa shape index (κ1) is 15.6. The van der Waals surface area contributed by atoms with Crippen molar-refractivity contribution in [3.8, 4) is 0 Å². The van der Waals surface area contributed by atoms with E-state index in [0.29, 0.717) is 18.4 Å². The summed E-state index contributed by atoms with van der Waals surface area (Å²) < 4.78 is 22.8. The van der Waals surface area contributed by atoms with Gasteiger partial charge in [-0.2, -0.15) is 0 Å². The number of primary sulfonamides is 1. The van der Waals surface area contributed by atoms with Crippen molar-refractivity contribution in [3.05, 3.63) is 27.7 Å². The number of carbonyl (C=O) groups excluding carboxylic acids is 1. The van der Waals surface area contributed by atoms with E-state index in [4.69, 9.17) is 28.3 Å². The summed E-state index contributed by atoms with van der Waals surface area (Å²) in [5.41, 5.74) is 0.122. The lowest BCUT2D eigenvalue weighted by atomic mass is 10.2. The molecule has 20 heavy (non-hydrogen) atoms. The summed E-state index contributed by atoms with van der Waals surface area (Å²) in [6, 6.07) is 2.46. The third-order valence-corrected chi connectivity index (χ3v) is 5.21. The second-order valence-corrected chi connectivity index (χ2v) is 7.31. The zero-order chi connectivity index (χ0) is 15.1. The fourth-order valence-corrected chi connectivity index (χ4v) is 3.27. The molecule has 1 aromatic rings. The fraction of sp³-hybridized carbons (Fsp3) is 0.417. The fourth-order valence-electron chi connectivity index (χ4n) is 1.91. The van der Waals surface area contributed by atoms with E-state index in [1.165, 1.54) is 6.07 Å². The SMILES string of the molecule is CC1CC1CNC(=O)c1cc(Cl)c(Cl)c(S(N)(=O)=O)c1. The van der Waals surface area contributed by atoms with Crippen molar-refractivity contribution in [1.82, 2.24) is 5.32 Å². The number of nitrogens with one attached hydrogen (secondary N) is 1. The van der Waals surface area contributed by atoms with Crippen LogP contribution in [0.3, 0.4) is 0 Å². The zero-order valence-electron chi connectivity index (χ0n) is 10.7. The number of amides is 1. The van der Waals surface area contributed by atoms with E-state index in [9.17, 15) is 13.2 Å². The van der Waals surface area contributed by atoms with E-state index < -0.39 is 15.9 Å². The lowest BCUT2D eigenvalue weighted by molar-refractivity contribution is 0.0951. The number of halogens is 2. The van der Waals surface area contributed by atoms with Crippen molar-refractivity contribution in [2.75, 3.05) is 6.54 Å². The van der Waals surface area contributed by atoms with Gasteiger partial charge in [0.1, 0.15) is 4.90 Å². The molecular weight excluding hydrogens is 323 g/mol. The average molecular weight is 337 g/mol. The van der Waals surface area contributed by atoms with E-state index in [1.807, 2.05) is 0 Å². The second-order valence-electron chi connectivity index (χ2n) is 5.00. The van der Waals surface area contributed by atoms with Crippen molar-refractivity contribution in [2.24, 2.45) is 17.0 Å². The maximum absolute atomic E-state index is 12.0. The van der Waals surface area contributed by atoms with E-state index in [0.717, 1.165) is 12.5 Å². The Bertz CT molecular complexity index is 661. The van der Waals surface area contributed by atoms with E-state index in [-0.39, 0.29) is 20.5 Å². The van der Waals surface area contributed by atoms with Crippen LogP contribution < -0.4 is 10.5 Å². The lowest BCUT2D eigenvalue weighted by Crippen LogP contribution is -2.26. The highest BCUT2D eigenvalue weighted by Crippen LogP contribution is 2.37. The minimum Gasteiger partial charge on any atom is -0.352 e. The zero-order valence-corrected chi connectivity index (χ0v) is 13.0. The quantitative estimate of drug-likeness (QED) is 0.881. The number of benzene rings is 1. The third-order valence-electron chi connectivity index (χ3n) is 3.36. The Morgan fingerprint density at radius 2 is 2.05 bits per heavy atom. The van der Waals surface area contributed by atoms with Crippen molar-refractivity contribution >= 4 is 39.1 Å². The Kier molecular flexibility index (Phi) is 4.30. The molecule has 8 heteroatoms. The Morgan fingerprint density at radius 3 is 2.55 bits per heavy atom. The highest BCUT2D eigenvalue weighted by Gasteiger charge is 2.32. The molecule has 1 aliphatic rings. The average Bonchev–Trinajstić information content (AvgIpc) is 3.04. The van der Waals surface area contributed by atoms with Crippen LogP contribution in [-0.2, 0) is 10.0 Å². The maximum atomic E-state index is 12.0. The van der Waals surface area contributed by atoms with E-state index in [2.05, 4.69) is 12.2 Å². The van der Waals surface area contributed by atoms with Crippen molar-refractivity contribution < 1.29 is 13.2 Å². The van der Waals surface area contributed by atoms with Gasteiger partial charge >= 0.3 is 0 Å². The molecule has 0 bridgehead atoms. The first-order valence-corrected chi connectivity index (χ1v) is 8.30. The van der Waals surface area contributed by atoms with Crippen LogP contribution in [0.5, 0.6) is 0 Å². The van der Waals surface area contributed by atoms with E-state index in [1.54, 1.807) is 0 Å². The van der Waals surface area contributed by atoms with Gasteiger partial charge in [-0.1, -0.05) is 30.1 Å². The molecule has 0 saturated heterocycles. The largest absolute Gasteiger partial charge is 0.352 e. The van der Waals surface area contributed by atoms with Crippen LogP contribution in [0.4, 0.5) is 0 Å². The number of sulfonamides is 1. The molecule has 3 N–H and O–H groups in total. The minimum atomic E-state index is -4.04. The first-order valence-electron chi connectivity index (χ1n) is 6.00. The summed E-state index contributed by atoms with van der Waals surface area (Å²) >= 11 is 11.6. The highest BCUT2D eigenvalue weighted by molar-refractivity contribution is 7.89. The standard InChI is InChI=1S/C12H14Cl2N2O3S/c1-6-2-8(6)5-16-12(17)7-3-9(13)11(14)10(4-7)20(15,18)19/h3-4,6,8H,2,5H2,1H3,(H,16,17)(H2,15,18,19). The van der Waals surface area contributed by atoms with Crippen LogP contribution >= 0.6 is 23.2 Å². The van der Waals surface area contributed by atoms with Gasteiger partial charge in [0, 0.05) is 12.1 Å². The molecule has 0 spiro atoms. The predicted octanol–water partition coefficient (Wildman–Crippen LogP) is 2.03. The summed E-state index contributed by atoms with van der Waals surface area (Å²) in [5, 5.41) is 7.58. The molecule has 5 nitrogen and oxygen atoms in total. The molecule has 1 aliphatic carbocycles. The van der Waals surface area contributed by atoms with Gasteiger partial charge in [0.15, 0.2) is 0 Å². The van der Waals surface area contributed by atoms with Crippen LogP contribution in [0.25, 0.3) is 0 Å². The molecule has 2 atom stereocenters. The Hall–Kier alpha value is -0.820. The molecule has 1 saturated carbocycles. The summed E-state index contributed by atoms with van der Waals surface area (Å²) in [5.74, 6) is 0.705. The minimum absolute atomic E-state index is 0.0249. The van der Waals surface area contributed by atoms with Gasteiger partial charge in [0.05, 0.1) is 10.0 Å². The third kappa shape index (κ3) is 3.44. The molecule has 110 valence electrons. The topological polar surface area (TPSA) is 89.3 Å². The molecule has 1 amide bonds. The van der Waals surface area contributed by atoms with Crippen LogP contribution in [0.1, 0.15) is 23.7 Å². The molecule has 0 heterocycles. The maximum Gasteiger partial charge on any atom is 0.251 e. The Morgan fingerprint density at radius 1 is 1.45 bits per heavy atom. The van der Waals surface area contributed by atoms with Crippen LogP contribution in [0, 0.1) is 11.8 Å². The second kappa shape index (κ2) is 5.52. The van der Waals surface area contributed by atoms with Crippen LogP contribution in [-0.4, -0.2) is 20.9 Å². The summed E-state index contributed by atoms with van der Waals surface area (Å²) in [6.45, 7) is 2.67. The number of rotatable bonds is 4. The molecule has 1 aromatic carbocycles. The van der Waals surface area contributed by atoms with Gasteiger partial charge in [0.25, 0.3) is 5.91 Å². The van der Waals surface area contributed by atoms with Gasteiger partial charge in [-0.15, -0.1) is 0 Å². The molecule has 2 unspecified atom stereocenters. The van der Waals surface area contributed by atoms with Gasteiger partial charge in [0.2, 0.25) is 10.0 Å². The van der Waals surface area contributed by atoms with Gasteiger partial charge < -0.3 is 5.32 Å². The molecule has 0 aliphatic heterocycles. The Balaban J connectivity index is 2.23. The molecule has 0 aromatic heterocycles. The van der Waals surface area contributed by atoms with Crippen LogP contribution in [0.15, 0.2) is 17.0 Å². The molecule has 2 rings (SSSR count). The van der Waals surface area contributed by atoms with E-state index >= 15 is 0 Å². The van der Waals surface area contributed by atoms with Crippen molar-refractivity contribution in [2.45, 2.75) is 18.2 Å². The highest BCUT2D eigenvalue weighted by atomic mass is 35.5. The molecular formula is C12H14Cl2N2O3S. The molecule has 0 radical (unpaired) electrons. The van der Waals surface area contributed by atoms with Gasteiger partial charge in [-0.05, 0) is 30.4 Å². The van der Waals surface area contributed by atoms with Crippen molar-refractivity contribution in [1.29, 1.82) is 0 Å². The number of hydrogen-bond donors (Lipinski definition) is 2. The number of hydrogen-bond acceptors (Lipinski definition) is 3. The lowest BCUT2D eigenvalue weighted by Gasteiger charge is -2.09. The number of nitrogens with two attached hydrogens (primary N) is 1.